The second-order valence-corrected chi connectivity index (χ2v) is 7.05. The minimum Gasteiger partial charge on any atom is -0.444 e. The van der Waals surface area contributed by atoms with Crippen molar-refractivity contribution in [2.45, 2.75) is 64.0 Å². The maximum atomic E-state index is 11.8. The fraction of sp³-hybridized carbons (Fsp3) is 0.588. The van der Waals surface area contributed by atoms with Crippen molar-refractivity contribution in [1.82, 2.24) is 5.32 Å². The first-order valence-electron chi connectivity index (χ1n) is 7.52. The quantitative estimate of drug-likeness (QED) is 0.894. The van der Waals surface area contributed by atoms with Crippen LogP contribution in [0.3, 0.4) is 0 Å². The van der Waals surface area contributed by atoms with Crippen molar-refractivity contribution in [2.75, 3.05) is 0 Å². The van der Waals surface area contributed by atoms with Crippen LogP contribution in [-0.4, -0.2) is 17.7 Å². The van der Waals surface area contributed by atoms with Crippen LogP contribution >= 0.6 is 0 Å². The Bertz CT molecular complexity index is 526. The van der Waals surface area contributed by atoms with Gasteiger partial charge in [0.1, 0.15) is 5.60 Å². The normalized spacial score (nSPS) is 21.4. The number of carbonyl (C=O) groups is 1. The molecule has 0 radical (unpaired) electrons. The minimum atomic E-state index is -0.436. The predicted molar refractivity (Wildman–Crippen MR) is 79.0 cm³/mol. The maximum absolute atomic E-state index is 11.8. The van der Waals surface area contributed by atoms with Crippen molar-refractivity contribution >= 4 is 6.09 Å². The van der Waals surface area contributed by atoms with Crippen molar-refractivity contribution in [1.29, 1.82) is 0 Å². The Morgan fingerprint density at radius 2 is 1.90 bits per heavy atom. The Morgan fingerprint density at radius 3 is 2.55 bits per heavy atom. The SMILES string of the molecule is CC(C)(C)OC(=O)NC1Cc2ccc(C3CC3)cc2C1. The van der Waals surface area contributed by atoms with Crippen LogP contribution in [0.25, 0.3) is 0 Å². The predicted octanol–water partition coefficient (Wildman–Crippen LogP) is 3.56. The lowest BCUT2D eigenvalue weighted by atomic mass is 10.0. The van der Waals surface area contributed by atoms with E-state index in [1.807, 2.05) is 20.8 Å². The molecule has 1 atom stereocenters. The molecule has 0 heterocycles. The lowest BCUT2D eigenvalue weighted by Gasteiger charge is -2.21. The van der Waals surface area contributed by atoms with Crippen LogP contribution in [0.4, 0.5) is 4.79 Å². The van der Waals surface area contributed by atoms with Gasteiger partial charge in [-0.1, -0.05) is 18.2 Å². The molecule has 3 heteroatoms. The van der Waals surface area contributed by atoms with Crippen LogP contribution in [0.5, 0.6) is 0 Å². The van der Waals surface area contributed by atoms with Gasteiger partial charge in [-0.2, -0.15) is 0 Å². The highest BCUT2D eigenvalue weighted by Gasteiger charge is 2.28. The molecular weight excluding hydrogens is 250 g/mol. The number of rotatable bonds is 2. The van der Waals surface area contributed by atoms with Crippen molar-refractivity contribution in [2.24, 2.45) is 0 Å². The fourth-order valence-corrected chi connectivity index (χ4v) is 2.88. The standard InChI is InChI=1S/C17H23NO2/c1-17(2,3)20-16(19)18-15-9-13-7-6-12(11-4-5-11)8-14(13)10-15/h6-8,11,15H,4-5,9-10H2,1-3H3,(H,18,19). The summed E-state index contributed by atoms with van der Waals surface area (Å²) in [5.74, 6) is 0.790. The lowest BCUT2D eigenvalue weighted by molar-refractivity contribution is 0.0506. The van der Waals surface area contributed by atoms with E-state index in [1.165, 1.54) is 29.5 Å². The Morgan fingerprint density at radius 1 is 1.20 bits per heavy atom. The number of amides is 1. The molecule has 0 saturated heterocycles. The van der Waals surface area contributed by atoms with Crippen LogP contribution < -0.4 is 5.32 Å². The van der Waals surface area contributed by atoms with Gasteiger partial charge in [-0.3, -0.25) is 0 Å². The van der Waals surface area contributed by atoms with Crippen molar-refractivity contribution in [3.63, 3.8) is 0 Å². The summed E-state index contributed by atoms with van der Waals surface area (Å²) in [6.07, 6.45) is 4.20. The Hall–Kier alpha value is -1.51. The van der Waals surface area contributed by atoms with Crippen LogP contribution in [0, 0.1) is 0 Å². The number of benzene rings is 1. The van der Waals surface area contributed by atoms with Crippen LogP contribution in [0.2, 0.25) is 0 Å². The fourth-order valence-electron chi connectivity index (χ4n) is 2.88. The molecule has 0 spiro atoms. The number of ether oxygens (including phenoxy) is 1. The van der Waals surface area contributed by atoms with E-state index in [0.29, 0.717) is 0 Å². The molecule has 3 rings (SSSR count). The van der Waals surface area contributed by atoms with Gasteiger partial charge in [-0.15, -0.1) is 0 Å². The van der Waals surface area contributed by atoms with Gasteiger partial charge in [0.2, 0.25) is 0 Å². The monoisotopic (exact) mass is 273 g/mol. The average Bonchev–Trinajstić information content (AvgIpc) is 3.07. The van der Waals surface area contributed by atoms with Gasteiger partial charge in [-0.05, 0) is 69.1 Å². The molecule has 2 aliphatic carbocycles. The first-order chi connectivity index (χ1) is 9.40. The third-order valence-electron chi connectivity index (χ3n) is 3.93. The summed E-state index contributed by atoms with van der Waals surface area (Å²) in [4.78, 5) is 11.8. The molecule has 0 aromatic heterocycles. The second-order valence-electron chi connectivity index (χ2n) is 7.05. The Balaban J connectivity index is 1.60. The highest BCUT2D eigenvalue weighted by Crippen LogP contribution is 2.41. The van der Waals surface area contributed by atoms with Gasteiger partial charge < -0.3 is 10.1 Å². The molecule has 0 bridgehead atoms. The molecule has 2 aliphatic rings. The molecule has 20 heavy (non-hydrogen) atoms. The smallest absolute Gasteiger partial charge is 0.407 e. The van der Waals surface area contributed by atoms with E-state index in [1.54, 1.807) is 0 Å². The van der Waals surface area contributed by atoms with Gasteiger partial charge in [0.05, 0.1) is 0 Å². The maximum Gasteiger partial charge on any atom is 0.407 e. The van der Waals surface area contributed by atoms with Crippen molar-refractivity contribution in [3.05, 3.63) is 34.9 Å². The number of hydrogen-bond acceptors (Lipinski definition) is 2. The first kappa shape index (κ1) is 13.5. The van der Waals surface area contributed by atoms with E-state index >= 15 is 0 Å². The summed E-state index contributed by atoms with van der Waals surface area (Å²) in [6, 6.07) is 7.00. The van der Waals surface area contributed by atoms with Gasteiger partial charge in [0.25, 0.3) is 0 Å². The van der Waals surface area contributed by atoms with Crippen LogP contribution in [0.15, 0.2) is 18.2 Å². The van der Waals surface area contributed by atoms with Gasteiger partial charge in [-0.25, -0.2) is 4.79 Å². The molecule has 0 aliphatic heterocycles. The summed E-state index contributed by atoms with van der Waals surface area (Å²) in [5.41, 5.74) is 3.81. The van der Waals surface area contributed by atoms with Gasteiger partial charge >= 0.3 is 6.09 Å². The van der Waals surface area contributed by atoms with E-state index in [4.69, 9.17) is 4.74 Å². The highest BCUT2D eigenvalue weighted by molar-refractivity contribution is 5.68. The number of nitrogens with one attached hydrogen (secondary N) is 1. The summed E-state index contributed by atoms with van der Waals surface area (Å²) in [5, 5.41) is 2.99. The van der Waals surface area contributed by atoms with Crippen LogP contribution in [0.1, 0.15) is 56.2 Å². The molecule has 108 valence electrons. The molecule has 1 aromatic carbocycles. The second kappa shape index (κ2) is 4.80. The minimum absolute atomic E-state index is 0.175. The molecule has 1 aromatic rings. The van der Waals surface area contributed by atoms with E-state index < -0.39 is 5.60 Å². The molecule has 1 amide bonds. The zero-order valence-electron chi connectivity index (χ0n) is 12.5. The topological polar surface area (TPSA) is 38.3 Å². The van der Waals surface area contributed by atoms with Crippen LogP contribution in [-0.2, 0) is 17.6 Å². The molecular formula is C17H23NO2. The molecule has 1 saturated carbocycles. The summed E-state index contributed by atoms with van der Waals surface area (Å²) >= 11 is 0. The first-order valence-corrected chi connectivity index (χ1v) is 7.52. The summed E-state index contributed by atoms with van der Waals surface area (Å²) in [6.45, 7) is 5.66. The average molecular weight is 273 g/mol. The summed E-state index contributed by atoms with van der Waals surface area (Å²) in [7, 11) is 0. The van der Waals surface area contributed by atoms with E-state index in [2.05, 4.69) is 23.5 Å². The number of alkyl carbamates (subject to hydrolysis) is 1. The highest BCUT2D eigenvalue weighted by atomic mass is 16.6. The van der Waals surface area contributed by atoms with Gasteiger partial charge in [0.15, 0.2) is 0 Å². The zero-order chi connectivity index (χ0) is 14.3. The molecule has 3 nitrogen and oxygen atoms in total. The van der Waals surface area contributed by atoms with E-state index in [9.17, 15) is 4.79 Å². The Labute approximate surface area is 120 Å². The van der Waals surface area contributed by atoms with E-state index in [-0.39, 0.29) is 12.1 Å². The largest absolute Gasteiger partial charge is 0.444 e. The number of hydrogen-bond donors (Lipinski definition) is 1. The molecule has 1 N–H and O–H groups in total. The Kier molecular flexibility index (Phi) is 3.23. The lowest BCUT2D eigenvalue weighted by Crippen LogP contribution is -2.39. The van der Waals surface area contributed by atoms with Gasteiger partial charge in [0, 0.05) is 6.04 Å². The zero-order valence-corrected chi connectivity index (χ0v) is 12.5. The van der Waals surface area contributed by atoms with Crippen molar-refractivity contribution in [3.8, 4) is 0 Å². The van der Waals surface area contributed by atoms with E-state index in [0.717, 1.165) is 18.8 Å². The molecule has 1 unspecified atom stereocenters. The number of fused-ring (bicyclic) bond motifs is 1. The third kappa shape index (κ3) is 3.14. The third-order valence-corrected chi connectivity index (χ3v) is 3.93. The molecule has 1 fully saturated rings. The van der Waals surface area contributed by atoms with Crippen molar-refractivity contribution < 1.29 is 9.53 Å². The number of carbonyl (C=O) groups excluding carboxylic acids is 1. The summed E-state index contributed by atoms with van der Waals surface area (Å²) < 4.78 is 5.32.